The molecule has 0 aliphatic heterocycles. The van der Waals surface area contributed by atoms with Crippen molar-refractivity contribution in [2.45, 2.75) is 19.4 Å². The van der Waals surface area contributed by atoms with Crippen LogP contribution in [0.3, 0.4) is 0 Å². The number of carbonyl (C=O) groups excluding carboxylic acids is 1. The maximum absolute atomic E-state index is 12.5. The number of hydrogen-bond acceptors (Lipinski definition) is 2. The van der Waals surface area contributed by atoms with Gasteiger partial charge in [-0.2, -0.15) is 0 Å². The van der Waals surface area contributed by atoms with Crippen LogP contribution in [0.4, 0.5) is 5.69 Å². The lowest BCUT2D eigenvalue weighted by Gasteiger charge is -2.18. The SMILES string of the molecule is CCC(Oc1ccc2ccccc2c1)C(=O)Nc1ccccc1Cl. The van der Waals surface area contributed by atoms with E-state index in [1.807, 2.05) is 61.5 Å². The normalized spacial score (nSPS) is 11.9. The number of ether oxygens (including phenoxy) is 1. The summed E-state index contributed by atoms with van der Waals surface area (Å²) in [7, 11) is 0. The third-order valence-electron chi connectivity index (χ3n) is 3.79. The van der Waals surface area contributed by atoms with Gasteiger partial charge in [-0.15, -0.1) is 0 Å². The Kier molecular flexibility index (Phi) is 5.02. The number of rotatable bonds is 5. The molecule has 0 radical (unpaired) electrons. The molecule has 24 heavy (non-hydrogen) atoms. The van der Waals surface area contributed by atoms with E-state index < -0.39 is 6.10 Å². The van der Waals surface area contributed by atoms with Crippen LogP contribution in [0.15, 0.2) is 66.7 Å². The van der Waals surface area contributed by atoms with Crippen LogP contribution in [0.25, 0.3) is 10.8 Å². The largest absolute Gasteiger partial charge is 0.481 e. The van der Waals surface area contributed by atoms with Gasteiger partial charge in [0.1, 0.15) is 5.75 Å². The molecule has 3 nitrogen and oxygen atoms in total. The van der Waals surface area contributed by atoms with Gasteiger partial charge >= 0.3 is 0 Å². The minimum Gasteiger partial charge on any atom is -0.481 e. The second-order valence-corrected chi connectivity index (χ2v) is 5.90. The molecule has 4 heteroatoms. The number of hydrogen-bond donors (Lipinski definition) is 1. The third-order valence-corrected chi connectivity index (χ3v) is 4.12. The lowest BCUT2D eigenvalue weighted by Crippen LogP contribution is -2.32. The molecule has 0 heterocycles. The first kappa shape index (κ1) is 16.3. The van der Waals surface area contributed by atoms with Crippen molar-refractivity contribution >= 4 is 34.0 Å². The molecule has 1 amide bonds. The highest BCUT2D eigenvalue weighted by Gasteiger charge is 2.19. The van der Waals surface area contributed by atoms with Crippen LogP contribution in [0.1, 0.15) is 13.3 Å². The Labute approximate surface area is 146 Å². The molecular formula is C20H18ClNO2. The van der Waals surface area contributed by atoms with Gasteiger partial charge < -0.3 is 10.1 Å². The van der Waals surface area contributed by atoms with Gasteiger partial charge in [-0.3, -0.25) is 4.79 Å². The molecule has 3 aromatic rings. The molecule has 0 fully saturated rings. The van der Waals surface area contributed by atoms with Crippen molar-refractivity contribution in [2.24, 2.45) is 0 Å². The fourth-order valence-corrected chi connectivity index (χ4v) is 2.69. The van der Waals surface area contributed by atoms with Crippen LogP contribution in [-0.2, 0) is 4.79 Å². The van der Waals surface area contributed by atoms with Gasteiger partial charge in [0.2, 0.25) is 0 Å². The number of anilines is 1. The van der Waals surface area contributed by atoms with Crippen LogP contribution >= 0.6 is 11.6 Å². The number of fused-ring (bicyclic) bond motifs is 1. The second kappa shape index (κ2) is 7.37. The molecule has 0 saturated heterocycles. The standard InChI is InChI=1S/C20H18ClNO2/c1-2-19(20(23)22-18-10-6-5-9-17(18)21)24-16-12-11-14-7-3-4-8-15(14)13-16/h3-13,19H,2H2,1H3,(H,22,23). The summed E-state index contributed by atoms with van der Waals surface area (Å²) < 4.78 is 5.89. The second-order valence-electron chi connectivity index (χ2n) is 5.49. The van der Waals surface area contributed by atoms with Crippen LogP contribution in [0, 0.1) is 0 Å². The third kappa shape index (κ3) is 3.69. The molecular weight excluding hydrogens is 322 g/mol. The summed E-state index contributed by atoms with van der Waals surface area (Å²) in [5.74, 6) is 0.466. The van der Waals surface area contributed by atoms with E-state index in [-0.39, 0.29) is 5.91 Å². The lowest BCUT2D eigenvalue weighted by atomic mass is 10.1. The van der Waals surface area contributed by atoms with Gasteiger partial charge in [-0.1, -0.05) is 61.0 Å². The molecule has 122 valence electrons. The predicted molar refractivity (Wildman–Crippen MR) is 98.7 cm³/mol. The van der Waals surface area contributed by atoms with Crippen molar-refractivity contribution < 1.29 is 9.53 Å². The number of carbonyl (C=O) groups is 1. The number of benzene rings is 3. The summed E-state index contributed by atoms with van der Waals surface area (Å²) in [5, 5.41) is 5.55. The zero-order valence-corrected chi connectivity index (χ0v) is 14.1. The van der Waals surface area contributed by atoms with E-state index in [4.69, 9.17) is 16.3 Å². The minimum atomic E-state index is -0.581. The maximum atomic E-state index is 12.5. The first-order valence-electron chi connectivity index (χ1n) is 7.88. The Balaban J connectivity index is 1.75. The van der Waals surface area contributed by atoms with Gasteiger partial charge in [0.15, 0.2) is 6.10 Å². The van der Waals surface area contributed by atoms with Crippen molar-refractivity contribution in [1.29, 1.82) is 0 Å². The van der Waals surface area contributed by atoms with Gasteiger partial charge in [0.05, 0.1) is 10.7 Å². The first-order chi connectivity index (χ1) is 11.7. The summed E-state index contributed by atoms with van der Waals surface area (Å²) >= 11 is 6.09. The Morgan fingerprint density at radius 1 is 1.04 bits per heavy atom. The highest BCUT2D eigenvalue weighted by molar-refractivity contribution is 6.33. The maximum Gasteiger partial charge on any atom is 0.265 e. The van der Waals surface area contributed by atoms with Crippen LogP contribution in [-0.4, -0.2) is 12.0 Å². The summed E-state index contributed by atoms with van der Waals surface area (Å²) in [5.41, 5.74) is 0.588. The summed E-state index contributed by atoms with van der Waals surface area (Å²) in [6.07, 6.45) is -0.0224. The summed E-state index contributed by atoms with van der Waals surface area (Å²) in [6, 6.07) is 21.0. The summed E-state index contributed by atoms with van der Waals surface area (Å²) in [4.78, 5) is 12.5. The molecule has 1 N–H and O–H groups in total. The average Bonchev–Trinajstić information content (AvgIpc) is 2.61. The van der Waals surface area contributed by atoms with Crippen molar-refractivity contribution in [1.82, 2.24) is 0 Å². The molecule has 0 saturated carbocycles. The molecule has 0 bridgehead atoms. The number of amides is 1. The minimum absolute atomic E-state index is 0.209. The van der Waals surface area contributed by atoms with Crippen molar-refractivity contribution in [2.75, 3.05) is 5.32 Å². The van der Waals surface area contributed by atoms with Crippen LogP contribution < -0.4 is 10.1 Å². The Hall–Kier alpha value is -2.52. The van der Waals surface area contributed by atoms with E-state index in [1.54, 1.807) is 12.1 Å². The topological polar surface area (TPSA) is 38.3 Å². The fraction of sp³-hybridized carbons (Fsp3) is 0.150. The van der Waals surface area contributed by atoms with Crippen molar-refractivity contribution in [3.8, 4) is 5.75 Å². The van der Waals surface area contributed by atoms with Gasteiger partial charge in [0, 0.05) is 0 Å². The van der Waals surface area contributed by atoms with E-state index in [1.165, 1.54) is 0 Å². The molecule has 3 rings (SSSR count). The molecule has 3 aromatic carbocycles. The van der Waals surface area contributed by atoms with Crippen LogP contribution in [0.5, 0.6) is 5.75 Å². The number of nitrogens with one attached hydrogen (secondary N) is 1. The van der Waals surface area contributed by atoms with Crippen molar-refractivity contribution in [3.63, 3.8) is 0 Å². The smallest absolute Gasteiger partial charge is 0.265 e. The highest BCUT2D eigenvalue weighted by Crippen LogP contribution is 2.24. The van der Waals surface area contributed by atoms with E-state index in [2.05, 4.69) is 5.32 Å². The first-order valence-corrected chi connectivity index (χ1v) is 8.26. The number of para-hydroxylation sites is 1. The number of halogens is 1. The Morgan fingerprint density at radius 2 is 1.75 bits per heavy atom. The van der Waals surface area contributed by atoms with Gasteiger partial charge in [-0.25, -0.2) is 0 Å². The quantitative estimate of drug-likeness (QED) is 0.686. The molecule has 0 aliphatic carbocycles. The lowest BCUT2D eigenvalue weighted by molar-refractivity contribution is -0.122. The fourth-order valence-electron chi connectivity index (χ4n) is 2.50. The van der Waals surface area contributed by atoms with Gasteiger partial charge in [0.25, 0.3) is 5.91 Å². The Bertz CT molecular complexity index is 863. The molecule has 1 unspecified atom stereocenters. The molecule has 1 atom stereocenters. The predicted octanol–water partition coefficient (Wildman–Crippen LogP) is 5.29. The highest BCUT2D eigenvalue weighted by atomic mass is 35.5. The van der Waals surface area contributed by atoms with E-state index >= 15 is 0 Å². The summed E-state index contributed by atoms with van der Waals surface area (Å²) in [6.45, 7) is 1.91. The zero-order chi connectivity index (χ0) is 16.9. The molecule has 0 spiro atoms. The van der Waals surface area contributed by atoms with E-state index in [0.29, 0.717) is 22.9 Å². The van der Waals surface area contributed by atoms with E-state index in [9.17, 15) is 4.79 Å². The average molecular weight is 340 g/mol. The van der Waals surface area contributed by atoms with Crippen LogP contribution in [0.2, 0.25) is 5.02 Å². The van der Waals surface area contributed by atoms with Crippen molar-refractivity contribution in [3.05, 3.63) is 71.8 Å². The van der Waals surface area contributed by atoms with E-state index in [0.717, 1.165) is 10.8 Å². The van der Waals surface area contributed by atoms with Gasteiger partial charge in [-0.05, 0) is 41.5 Å². The molecule has 0 aromatic heterocycles. The molecule has 0 aliphatic rings. The zero-order valence-electron chi connectivity index (χ0n) is 13.3. The Morgan fingerprint density at radius 3 is 2.50 bits per heavy atom. The monoisotopic (exact) mass is 339 g/mol.